The molecule has 2 rings (SSSR count). The Morgan fingerprint density at radius 2 is 2.00 bits per heavy atom. The lowest BCUT2D eigenvalue weighted by Crippen LogP contribution is -2.23. The highest BCUT2D eigenvalue weighted by atomic mass is 32.2. The van der Waals surface area contributed by atoms with Gasteiger partial charge in [0.15, 0.2) is 0 Å². The van der Waals surface area contributed by atoms with Crippen molar-refractivity contribution in [3.05, 3.63) is 35.2 Å². The molecule has 22 heavy (non-hydrogen) atoms. The predicted molar refractivity (Wildman–Crippen MR) is 90.3 cm³/mol. The molecule has 1 aromatic carbocycles. The van der Waals surface area contributed by atoms with E-state index in [1.165, 1.54) is 11.8 Å². The maximum absolute atomic E-state index is 12.3. The summed E-state index contributed by atoms with van der Waals surface area (Å²) in [5.74, 6) is 1.08. The second-order valence-electron chi connectivity index (χ2n) is 5.73. The molecular formula is C16H22N4OS. The van der Waals surface area contributed by atoms with E-state index < -0.39 is 0 Å². The van der Waals surface area contributed by atoms with Crippen molar-refractivity contribution in [1.29, 1.82) is 0 Å². The molecule has 1 aromatic heterocycles. The molecule has 1 unspecified atom stereocenters. The van der Waals surface area contributed by atoms with E-state index in [0.717, 1.165) is 22.6 Å². The Bertz CT molecular complexity index is 666. The third-order valence-electron chi connectivity index (χ3n) is 3.33. The quantitative estimate of drug-likeness (QED) is 0.825. The number of aromatic nitrogens is 3. The summed E-state index contributed by atoms with van der Waals surface area (Å²) in [7, 11) is 0. The molecule has 0 aliphatic heterocycles. The van der Waals surface area contributed by atoms with E-state index in [2.05, 4.69) is 20.5 Å². The van der Waals surface area contributed by atoms with Crippen LogP contribution in [0.3, 0.4) is 0 Å². The number of anilines is 1. The topological polar surface area (TPSA) is 70.7 Å². The Balaban J connectivity index is 2.01. The molecule has 2 N–H and O–H groups in total. The summed E-state index contributed by atoms with van der Waals surface area (Å²) in [5.41, 5.74) is 3.03. The van der Waals surface area contributed by atoms with Crippen molar-refractivity contribution in [3.8, 4) is 0 Å². The zero-order chi connectivity index (χ0) is 16.3. The van der Waals surface area contributed by atoms with Gasteiger partial charge in [-0.3, -0.25) is 9.89 Å². The first kappa shape index (κ1) is 16.5. The Kier molecular flexibility index (Phi) is 5.24. The lowest BCUT2D eigenvalue weighted by molar-refractivity contribution is -0.115. The van der Waals surface area contributed by atoms with Gasteiger partial charge >= 0.3 is 0 Å². The summed E-state index contributed by atoms with van der Waals surface area (Å²) in [5, 5.41) is 10.4. The lowest BCUT2D eigenvalue weighted by Gasteiger charge is -2.12. The number of H-pyrrole nitrogens is 1. The fourth-order valence-electron chi connectivity index (χ4n) is 1.89. The van der Waals surface area contributed by atoms with Crippen LogP contribution in [0.5, 0.6) is 0 Å². The molecular weight excluding hydrogens is 296 g/mol. The number of rotatable bonds is 5. The number of benzene rings is 1. The zero-order valence-corrected chi connectivity index (χ0v) is 14.4. The van der Waals surface area contributed by atoms with Gasteiger partial charge in [0.1, 0.15) is 5.82 Å². The fraction of sp³-hybridized carbons (Fsp3) is 0.438. The van der Waals surface area contributed by atoms with E-state index in [4.69, 9.17) is 0 Å². The van der Waals surface area contributed by atoms with Gasteiger partial charge in [-0.05, 0) is 38.0 Å². The monoisotopic (exact) mass is 318 g/mol. The summed E-state index contributed by atoms with van der Waals surface area (Å²) in [4.78, 5) is 16.7. The minimum absolute atomic E-state index is 0.0467. The number of carbonyl (C=O) groups is 1. The van der Waals surface area contributed by atoms with Crippen molar-refractivity contribution in [2.75, 3.05) is 5.32 Å². The molecule has 0 aliphatic carbocycles. The van der Waals surface area contributed by atoms with Gasteiger partial charge in [-0.15, -0.1) is 5.10 Å². The van der Waals surface area contributed by atoms with Gasteiger partial charge in [-0.1, -0.05) is 37.7 Å². The van der Waals surface area contributed by atoms with Gasteiger partial charge in [0.2, 0.25) is 11.1 Å². The summed E-state index contributed by atoms with van der Waals surface area (Å²) in [6, 6.07) is 6.02. The molecule has 0 spiro atoms. The van der Waals surface area contributed by atoms with E-state index in [9.17, 15) is 4.79 Å². The van der Waals surface area contributed by atoms with Crippen LogP contribution in [0.2, 0.25) is 0 Å². The molecule has 1 atom stereocenters. The van der Waals surface area contributed by atoms with Gasteiger partial charge in [0.05, 0.1) is 5.25 Å². The number of nitrogens with zero attached hydrogens (tertiary/aromatic N) is 2. The number of hydrogen-bond acceptors (Lipinski definition) is 4. The summed E-state index contributed by atoms with van der Waals surface area (Å²) in [6.45, 7) is 9.94. The highest BCUT2D eigenvalue weighted by Gasteiger charge is 2.18. The minimum atomic E-state index is -0.268. The van der Waals surface area contributed by atoms with Crippen molar-refractivity contribution >= 4 is 23.4 Å². The first-order valence-electron chi connectivity index (χ1n) is 7.34. The normalized spacial score (nSPS) is 12.5. The van der Waals surface area contributed by atoms with Crippen LogP contribution in [0.4, 0.5) is 5.69 Å². The number of nitrogens with one attached hydrogen (secondary N) is 2. The van der Waals surface area contributed by atoms with Crippen molar-refractivity contribution in [2.24, 2.45) is 0 Å². The molecule has 0 bridgehead atoms. The maximum Gasteiger partial charge on any atom is 0.237 e. The van der Waals surface area contributed by atoms with Gasteiger partial charge in [-0.25, -0.2) is 4.98 Å². The minimum Gasteiger partial charge on any atom is -0.325 e. The van der Waals surface area contributed by atoms with E-state index in [1.54, 1.807) is 0 Å². The number of aromatic amines is 1. The van der Waals surface area contributed by atoms with E-state index in [1.807, 2.05) is 52.8 Å². The molecule has 0 saturated carbocycles. The highest BCUT2D eigenvalue weighted by Crippen LogP contribution is 2.23. The second-order valence-corrected chi connectivity index (χ2v) is 7.03. The Hall–Kier alpha value is -1.82. The first-order chi connectivity index (χ1) is 10.4. The number of amides is 1. The van der Waals surface area contributed by atoms with Gasteiger partial charge in [0, 0.05) is 11.6 Å². The standard InChI is InChI=1S/C16H22N4OS/c1-9(2)14-18-16(20-19-14)22-12(5)15(21)17-13-8-10(3)6-7-11(13)4/h6-9,12H,1-5H3,(H,17,21)(H,18,19,20). The van der Waals surface area contributed by atoms with Crippen LogP contribution in [0.1, 0.15) is 43.6 Å². The van der Waals surface area contributed by atoms with Crippen LogP contribution in [0.15, 0.2) is 23.4 Å². The van der Waals surface area contributed by atoms with E-state index in [0.29, 0.717) is 11.1 Å². The molecule has 2 aromatic rings. The molecule has 5 nitrogen and oxygen atoms in total. The van der Waals surface area contributed by atoms with Crippen molar-refractivity contribution < 1.29 is 4.79 Å². The van der Waals surface area contributed by atoms with Crippen molar-refractivity contribution in [2.45, 2.75) is 50.9 Å². The van der Waals surface area contributed by atoms with Crippen molar-refractivity contribution in [1.82, 2.24) is 15.2 Å². The molecule has 118 valence electrons. The summed E-state index contributed by atoms with van der Waals surface area (Å²) < 4.78 is 0. The Morgan fingerprint density at radius 1 is 1.27 bits per heavy atom. The molecule has 1 heterocycles. The van der Waals surface area contributed by atoms with Crippen LogP contribution >= 0.6 is 11.8 Å². The average Bonchev–Trinajstić information content (AvgIpc) is 2.91. The lowest BCUT2D eigenvalue weighted by atomic mass is 10.1. The number of aryl methyl sites for hydroxylation is 2. The third-order valence-corrected chi connectivity index (χ3v) is 4.29. The smallest absolute Gasteiger partial charge is 0.237 e. The zero-order valence-electron chi connectivity index (χ0n) is 13.6. The molecule has 0 radical (unpaired) electrons. The maximum atomic E-state index is 12.3. The number of carbonyl (C=O) groups excluding carboxylic acids is 1. The first-order valence-corrected chi connectivity index (χ1v) is 8.22. The van der Waals surface area contributed by atoms with Crippen LogP contribution in [0.25, 0.3) is 0 Å². The molecule has 0 saturated heterocycles. The van der Waals surface area contributed by atoms with Crippen LogP contribution in [-0.4, -0.2) is 26.3 Å². The Morgan fingerprint density at radius 3 is 2.64 bits per heavy atom. The van der Waals surface area contributed by atoms with Crippen molar-refractivity contribution in [3.63, 3.8) is 0 Å². The highest BCUT2D eigenvalue weighted by molar-refractivity contribution is 8.00. The number of thioether (sulfide) groups is 1. The van der Waals surface area contributed by atoms with Crippen LogP contribution in [0, 0.1) is 13.8 Å². The molecule has 0 aliphatic rings. The van der Waals surface area contributed by atoms with Crippen LogP contribution in [-0.2, 0) is 4.79 Å². The Labute approximate surface area is 135 Å². The third kappa shape index (κ3) is 4.10. The fourth-order valence-corrected chi connectivity index (χ4v) is 2.62. The largest absolute Gasteiger partial charge is 0.325 e. The predicted octanol–water partition coefficient (Wildman–Crippen LogP) is 3.66. The number of hydrogen-bond donors (Lipinski definition) is 2. The molecule has 0 fully saturated rings. The van der Waals surface area contributed by atoms with Gasteiger partial charge in [-0.2, -0.15) is 0 Å². The summed E-state index contributed by atoms with van der Waals surface area (Å²) >= 11 is 1.35. The van der Waals surface area contributed by atoms with E-state index in [-0.39, 0.29) is 11.2 Å². The van der Waals surface area contributed by atoms with E-state index >= 15 is 0 Å². The summed E-state index contributed by atoms with van der Waals surface area (Å²) in [6.07, 6.45) is 0. The SMILES string of the molecule is Cc1ccc(C)c(NC(=O)C(C)Sc2n[nH]c(C(C)C)n2)c1. The molecule has 1 amide bonds. The second kappa shape index (κ2) is 6.96. The molecule has 6 heteroatoms. The van der Waals surface area contributed by atoms with Gasteiger partial charge in [0.25, 0.3) is 0 Å². The van der Waals surface area contributed by atoms with Crippen LogP contribution < -0.4 is 5.32 Å². The van der Waals surface area contributed by atoms with Gasteiger partial charge < -0.3 is 5.32 Å². The average molecular weight is 318 g/mol.